The molecule has 0 aliphatic carbocycles. The SMILES string of the molecule is NS(=O)(=O)c1ccc(NC(=O)Cn2cnc3ccccc32)cc1. The number of imidazole rings is 1. The molecule has 1 amide bonds. The average Bonchev–Trinajstić information content (AvgIpc) is 2.90. The zero-order valence-electron chi connectivity index (χ0n) is 12.0. The van der Waals surface area contributed by atoms with Gasteiger partial charge in [0, 0.05) is 5.69 Å². The number of sulfonamides is 1. The van der Waals surface area contributed by atoms with Crippen molar-refractivity contribution in [2.24, 2.45) is 5.14 Å². The first-order chi connectivity index (χ1) is 10.9. The average molecular weight is 330 g/mol. The Labute approximate surface area is 132 Å². The summed E-state index contributed by atoms with van der Waals surface area (Å²) in [6.07, 6.45) is 1.61. The number of hydrogen-bond donors (Lipinski definition) is 2. The number of primary sulfonamides is 1. The molecule has 0 unspecified atom stereocenters. The summed E-state index contributed by atoms with van der Waals surface area (Å²) in [6, 6.07) is 13.2. The minimum absolute atomic E-state index is 0.00361. The Morgan fingerprint density at radius 3 is 2.52 bits per heavy atom. The van der Waals surface area contributed by atoms with Crippen LogP contribution in [0.2, 0.25) is 0 Å². The van der Waals surface area contributed by atoms with Crippen LogP contribution in [0.1, 0.15) is 0 Å². The van der Waals surface area contributed by atoms with Gasteiger partial charge in [0.15, 0.2) is 0 Å². The highest BCUT2D eigenvalue weighted by Crippen LogP contribution is 2.14. The lowest BCUT2D eigenvalue weighted by atomic mass is 10.3. The van der Waals surface area contributed by atoms with Crippen LogP contribution >= 0.6 is 0 Å². The zero-order valence-corrected chi connectivity index (χ0v) is 12.8. The molecule has 0 fully saturated rings. The Balaban J connectivity index is 1.72. The molecule has 3 rings (SSSR count). The largest absolute Gasteiger partial charge is 0.325 e. The molecule has 3 aromatic rings. The number of para-hydroxylation sites is 2. The monoisotopic (exact) mass is 330 g/mol. The fraction of sp³-hybridized carbons (Fsp3) is 0.0667. The van der Waals surface area contributed by atoms with Gasteiger partial charge in [0.1, 0.15) is 6.54 Å². The Morgan fingerprint density at radius 2 is 1.83 bits per heavy atom. The summed E-state index contributed by atoms with van der Waals surface area (Å²) >= 11 is 0. The lowest BCUT2D eigenvalue weighted by molar-refractivity contribution is -0.116. The number of carbonyl (C=O) groups is 1. The second-order valence-corrected chi connectivity index (χ2v) is 6.54. The summed E-state index contributed by atoms with van der Waals surface area (Å²) in [7, 11) is -3.74. The molecule has 118 valence electrons. The van der Waals surface area contributed by atoms with E-state index in [1.165, 1.54) is 24.3 Å². The maximum absolute atomic E-state index is 12.1. The number of nitrogens with zero attached hydrogens (tertiary/aromatic N) is 2. The fourth-order valence-corrected chi connectivity index (χ4v) is 2.73. The molecule has 0 aliphatic rings. The van der Waals surface area contributed by atoms with Gasteiger partial charge >= 0.3 is 0 Å². The van der Waals surface area contributed by atoms with E-state index in [0.717, 1.165) is 11.0 Å². The predicted octanol–water partition coefficient (Wildman–Crippen LogP) is 1.32. The Kier molecular flexibility index (Phi) is 3.85. The third-order valence-corrected chi connectivity index (χ3v) is 4.24. The van der Waals surface area contributed by atoms with E-state index >= 15 is 0 Å². The van der Waals surface area contributed by atoms with E-state index < -0.39 is 10.0 Å². The van der Waals surface area contributed by atoms with Gasteiger partial charge in [0.2, 0.25) is 15.9 Å². The summed E-state index contributed by atoms with van der Waals surface area (Å²) in [5.74, 6) is -0.239. The van der Waals surface area contributed by atoms with Gasteiger partial charge in [-0.15, -0.1) is 0 Å². The number of rotatable bonds is 4. The summed E-state index contributed by atoms with van der Waals surface area (Å²) in [6.45, 7) is 0.109. The number of nitrogens with one attached hydrogen (secondary N) is 1. The smallest absolute Gasteiger partial charge is 0.244 e. The van der Waals surface area contributed by atoms with Crippen LogP contribution in [-0.2, 0) is 21.4 Å². The molecule has 0 atom stereocenters. The van der Waals surface area contributed by atoms with E-state index in [1.807, 2.05) is 24.3 Å². The number of carbonyl (C=O) groups excluding carboxylic acids is 1. The van der Waals surface area contributed by atoms with E-state index in [0.29, 0.717) is 5.69 Å². The third-order valence-electron chi connectivity index (χ3n) is 3.31. The van der Waals surface area contributed by atoms with Crippen LogP contribution in [-0.4, -0.2) is 23.9 Å². The third kappa shape index (κ3) is 3.38. The van der Waals surface area contributed by atoms with Crippen molar-refractivity contribution in [1.29, 1.82) is 0 Å². The standard InChI is InChI=1S/C15H14N4O3S/c16-23(21,22)12-7-5-11(6-8-12)18-15(20)9-19-10-17-13-3-1-2-4-14(13)19/h1-8,10H,9H2,(H,18,20)(H2,16,21,22). The van der Waals surface area contributed by atoms with Gasteiger partial charge in [-0.2, -0.15) is 0 Å². The van der Waals surface area contributed by atoms with Crippen molar-refractivity contribution in [2.45, 2.75) is 11.4 Å². The molecule has 0 saturated carbocycles. The van der Waals surface area contributed by atoms with E-state index in [2.05, 4.69) is 10.3 Å². The molecule has 0 spiro atoms. The highest BCUT2D eigenvalue weighted by molar-refractivity contribution is 7.89. The van der Waals surface area contributed by atoms with Crippen LogP contribution in [0.25, 0.3) is 11.0 Å². The molecule has 0 bridgehead atoms. The topological polar surface area (TPSA) is 107 Å². The van der Waals surface area contributed by atoms with E-state index in [1.54, 1.807) is 10.9 Å². The number of benzene rings is 2. The van der Waals surface area contributed by atoms with Crippen molar-refractivity contribution in [3.63, 3.8) is 0 Å². The van der Waals surface area contributed by atoms with Crippen molar-refractivity contribution in [1.82, 2.24) is 9.55 Å². The molecular formula is C15H14N4O3S. The minimum atomic E-state index is -3.74. The van der Waals surface area contributed by atoms with E-state index in [9.17, 15) is 13.2 Å². The van der Waals surface area contributed by atoms with Crippen molar-refractivity contribution in [2.75, 3.05) is 5.32 Å². The highest BCUT2D eigenvalue weighted by atomic mass is 32.2. The molecule has 2 aromatic carbocycles. The molecule has 0 radical (unpaired) electrons. The second-order valence-electron chi connectivity index (χ2n) is 4.98. The van der Waals surface area contributed by atoms with Gasteiger partial charge in [-0.3, -0.25) is 4.79 Å². The first kappa shape index (κ1) is 15.2. The molecule has 3 N–H and O–H groups in total. The number of nitrogens with two attached hydrogens (primary N) is 1. The Bertz CT molecular complexity index is 962. The summed E-state index contributed by atoms with van der Waals surface area (Å²) in [5, 5.41) is 7.73. The van der Waals surface area contributed by atoms with Crippen LogP contribution in [0.15, 0.2) is 59.8 Å². The van der Waals surface area contributed by atoms with Gasteiger partial charge in [0.25, 0.3) is 0 Å². The van der Waals surface area contributed by atoms with Gasteiger partial charge in [-0.05, 0) is 36.4 Å². The Morgan fingerprint density at radius 1 is 1.13 bits per heavy atom. The van der Waals surface area contributed by atoms with Gasteiger partial charge < -0.3 is 9.88 Å². The first-order valence-corrected chi connectivity index (χ1v) is 8.31. The van der Waals surface area contributed by atoms with Crippen molar-refractivity contribution in [3.05, 3.63) is 54.9 Å². The number of amides is 1. The zero-order chi connectivity index (χ0) is 16.4. The molecule has 1 heterocycles. The number of aromatic nitrogens is 2. The maximum Gasteiger partial charge on any atom is 0.244 e. The fourth-order valence-electron chi connectivity index (χ4n) is 2.22. The highest BCUT2D eigenvalue weighted by Gasteiger charge is 2.09. The molecule has 7 nitrogen and oxygen atoms in total. The predicted molar refractivity (Wildman–Crippen MR) is 86.2 cm³/mol. The minimum Gasteiger partial charge on any atom is -0.325 e. The van der Waals surface area contributed by atoms with Crippen LogP contribution < -0.4 is 10.5 Å². The number of fused-ring (bicyclic) bond motifs is 1. The molecule has 0 saturated heterocycles. The summed E-state index contributed by atoms with van der Waals surface area (Å²) in [5.41, 5.74) is 2.18. The first-order valence-electron chi connectivity index (χ1n) is 6.76. The van der Waals surface area contributed by atoms with Gasteiger partial charge in [-0.1, -0.05) is 12.1 Å². The van der Waals surface area contributed by atoms with E-state index in [-0.39, 0.29) is 17.3 Å². The molecule has 1 aromatic heterocycles. The van der Waals surface area contributed by atoms with Crippen LogP contribution in [0.5, 0.6) is 0 Å². The van der Waals surface area contributed by atoms with Crippen LogP contribution in [0, 0.1) is 0 Å². The van der Waals surface area contributed by atoms with Crippen LogP contribution in [0.3, 0.4) is 0 Å². The molecule has 0 aliphatic heterocycles. The second kappa shape index (κ2) is 5.82. The number of hydrogen-bond acceptors (Lipinski definition) is 4. The van der Waals surface area contributed by atoms with E-state index in [4.69, 9.17) is 5.14 Å². The van der Waals surface area contributed by atoms with Crippen molar-refractivity contribution in [3.8, 4) is 0 Å². The molecule has 23 heavy (non-hydrogen) atoms. The van der Waals surface area contributed by atoms with Crippen molar-refractivity contribution < 1.29 is 13.2 Å². The van der Waals surface area contributed by atoms with Gasteiger partial charge in [-0.25, -0.2) is 18.5 Å². The normalized spacial score (nSPS) is 11.5. The Hall–Kier alpha value is -2.71. The molecular weight excluding hydrogens is 316 g/mol. The van der Waals surface area contributed by atoms with Crippen molar-refractivity contribution >= 4 is 32.7 Å². The summed E-state index contributed by atoms with van der Waals surface area (Å²) in [4.78, 5) is 16.3. The molecule has 8 heteroatoms. The summed E-state index contributed by atoms with van der Waals surface area (Å²) < 4.78 is 24.1. The lowest BCUT2D eigenvalue weighted by Crippen LogP contribution is -2.18. The number of anilines is 1. The van der Waals surface area contributed by atoms with Crippen LogP contribution in [0.4, 0.5) is 5.69 Å². The lowest BCUT2D eigenvalue weighted by Gasteiger charge is -2.07. The van der Waals surface area contributed by atoms with Gasteiger partial charge in [0.05, 0.1) is 22.3 Å². The quantitative estimate of drug-likeness (QED) is 0.752. The maximum atomic E-state index is 12.1.